The standard InChI is InChI=1S/C10H16N2O3S/c1-2-12(13)9-8-11-16(14,15)10-6-4-3-5-7-10/h3-7,11,13H,2,8-9H2,1H3. The first-order valence-corrected chi connectivity index (χ1v) is 6.53. The molecule has 0 aliphatic rings. The van der Waals surface area contributed by atoms with Crippen LogP contribution in [0, 0.1) is 0 Å². The summed E-state index contributed by atoms with van der Waals surface area (Å²) < 4.78 is 25.8. The van der Waals surface area contributed by atoms with Crippen LogP contribution >= 0.6 is 0 Å². The van der Waals surface area contributed by atoms with Crippen LogP contribution in [0.15, 0.2) is 35.2 Å². The number of nitrogens with zero attached hydrogens (tertiary/aromatic N) is 1. The first kappa shape index (κ1) is 13.1. The summed E-state index contributed by atoms with van der Waals surface area (Å²) in [5, 5.41) is 10.2. The maximum Gasteiger partial charge on any atom is 0.240 e. The van der Waals surface area contributed by atoms with E-state index >= 15 is 0 Å². The highest BCUT2D eigenvalue weighted by Crippen LogP contribution is 2.06. The molecule has 1 rings (SSSR count). The van der Waals surface area contributed by atoms with Crippen molar-refractivity contribution >= 4 is 10.0 Å². The van der Waals surface area contributed by atoms with Gasteiger partial charge in [-0.25, -0.2) is 13.1 Å². The van der Waals surface area contributed by atoms with Gasteiger partial charge in [0, 0.05) is 19.6 Å². The molecule has 1 aromatic rings. The fourth-order valence-corrected chi connectivity index (χ4v) is 2.19. The molecule has 0 unspecified atom stereocenters. The van der Waals surface area contributed by atoms with Crippen molar-refractivity contribution in [1.82, 2.24) is 9.79 Å². The second-order valence-corrected chi connectivity index (χ2v) is 5.02. The van der Waals surface area contributed by atoms with Crippen molar-refractivity contribution in [2.45, 2.75) is 11.8 Å². The Morgan fingerprint density at radius 3 is 2.50 bits per heavy atom. The topological polar surface area (TPSA) is 69.6 Å². The maximum atomic E-state index is 11.7. The van der Waals surface area contributed by atoms with E-state index in [9.17, 15) is 8.42 Å². The van der Waals surface area contributed by atoms with Crippen molar-refractivity contribution in [2.24, 2.45) is 0 Å². The molecular weight excluding hydrogens is 228 g/mol. The Kier molecular flexibility index (Phi) is 4.88. The zero-order valence-corrected chi connectivity index (χ0v) is 9.94. The Bertz CT molecular complexity index is 405. The molecule has 0 atom stereocenters. The average Bonchev–Trinajstić information content (AvgIpc) is 2.30. The quantitative estimate of drug-likeness (QED) is 0.722. The van der Waals surface area contributed by atoms with Gasteiger partial charge in [-0.05, 0) is 12.1 Å². The minimum absolute atomic E-state index is 0.182. The summed E-state index contributed by atoms with van der Waals surface area (Å²) in [5.41, 5.74) is 0. The minimum Gasteiger partial charge on any atom is -0.314 e. The fourth-order valence-electron chi connectivity index (χ4n) is 1.15. The Hall–Kier alpha value is -0.950. The summed E-state index contributed by atoms with van der Waals surface area (Å²) in [6, 6.07) is 8.14. The number of nitrogens with one attached hydrogen (secondary N) is 1. The van der Waals surface area contributed by atoms with Gasteiger partial charge < -0.3 is 5.21 Å². The number of likely N-dealkylation sites (N-methyl/N-ethyl adjacent to an activating group) is 1. The van der Waals surface area contributed by atoms with Crippen molar-refractivity contribution in [3.63, 3.8) is 0 Å². The predicted molar refractivity (Wildman–Crippen MR) is 60.7 cm³/mol. The van der Waals surface area contributed by atoms with Gasteiger partial charge in [0.2, 0.25) is 10.0 Å². The lowest BCUT2D eigenvalue weighted by Crippen LogP contribution is -2.33. The minimum atomic E-state index is -3.45. The van der Waals surface area contributed by atoms with E-state index in [-0.39, 0.29) is 18.0 Å². The van der Waals surface area contributed by atoms with Crippen LogP contribution in [0.2, 0.25) is 0 Å². The molecule has 0 aliphatic heterocycles. The molecule has 5 nitrogen and oxygen atoms in total. The lowest BCUT2D eigenvalue weighted by Gasteiger charge is -2.12. The van der Waals surface area contributed by atoms with Crippen LogP contribution < -0.4 is 4.72 Å². The number of hydrogen-bond donors (Lipinski definition) is 2. The highest BCUT2D eigenvalue weighted by Gasteiger charge is 2.12. The third-order valence-electron chi connectivity index (χ3n) is 2.08. The summed E-state index contributed by atoms with van der Waals surface area (Å²) in [6.45, 7) is 2.70. The van der Waals surface area contributed by atoms with E-state index in [1.807, 2.05) is 0 Å². The zero-order chi connectivity index (χ0) is 12.0. The van der Waals surface area contributed by atoms with Crippen LogP contribution in [0.3, 0.4) is 0 Å². The molecule has 0 amide bonds. The van der Waals surface area contributed by atoms with Crippen molar-refractivity contribution < 1.29 is 13.6 Å². The van der Waals surface area contributed by atoms with Gasteiger partial charge in [-0.1, -0.05) is 25.1 Å². The average molecular weight is 244 g/mol. The monoisotopic (exact) mass is 244 g/mol. The second kappa shape index (κ2) is 5.95. The van der Waals surface area contributed by atoms with Gasteiger partial charge in [0.15, 0.2) is 0 Å². The summed E-state index contributed by atoms with van der Waals surface area (Å²) in [5.74, 6) is 0. The Morgan fingerprint density at radius 1 is 1.31 bits per heavy atom. The van der Waals surface area contributed by atoms with Crippen LogP contribution in [0.1, 0.15) is 6.92 Å². The molecule has 0 aliphatic carbocycles. The molecule has 0 fully saturated rings. The maximum absolute atomic E-state index is 11.7. The molecule has 0 saturated heterocycles. The second-order valence-electron chi connectivity index (χ2n) is 3.26. The van der Waals surface area contributed by atoms with Gasteiger partial charge >= 0.3 is 0 Å². The number of sulfonamides is 1. The van der Waals surface area contributed by atoms with Gasteiger partial charge in [-0.15, -0.1) is 0 Å². The van der Waals surface area contributed by atoms with Crippen LogP contribution in [-0.2, 0) is 10.0 Å². The van der Waals surface area contributed by atoms with Gasteiger partial charge in [0.25, 0.3) is 0 Å². The van der Waals surface area contributed by atoms with E-state index in [1.54, 1.807) is 25.1 Å². The zero-order valence-electron chi connectivity index (χ0n) is 9.13. The molecule has 16 heavy (non-hydrogen) atoms. The van der Waals surface area contributed by atoms with Crippen molar-refractivity contribution in [3.8, 4) is 0 Å². The van der Waals surface area contributed by atoms with Gasteiger partial charge in [0.1, 0.15) is 0 Å². The Labute approximate surface area is 95.7 Å². The largest absolute Gasteiger partial charge is 0.314 e. The van der Waals surface area contributed by atoms with E-state index in [1.165, 1.54) is 12.1 Å². The molecular formula is C10H16N2O3S. The molecule has 0 aromatic heterocycles. The lowest BCUT2D eigenvalue weighted by molar-refractivity contribution is -0.0837. The van der Waals surface area contributed by atoms with Gasteiger partial charge in [0.05, 0.1) is 4.90 Å². The molecule has 6 heteroatoms. The first-order valence-electron chi connectivity index (χ1n) is 5.05. The molecule has 0 saturated carbocycles. The van der Waals surface area contributed by atoms with Crippen LogP contribution in [0.5, 0.6) is 0 Å². The van der Waals surface area contributed by atoms with Gasteiger partial charge in [-0.3, -0.25) is 0 Å². The smallest absolute Gasteiger partial charge is 0.240 e. The SMILES string of the molecule is CCN(O)CCNS(=O)(=O)c1ccccc1. The summed E-state index contributed by atoms with van der Waals surface area (Å²) in [4.78, 5) is 0.232. The van der Waals surface area contributed by atoms with Crippen molar-refractivity contribution in [1.29, 1.82) is 0 Å². The number of rotatable bonds is 6. The van der Waals surface area contributed by atoms with Crippen LogP contribution in [0.25, 0.3) is 0 Å². The predicted octanol–water partition coefficient (Wildman–Crippen LogP) is 0.676. The molecule has 0 bridgehead atoms. The normalized spacial score (nSPS) is 11.9. The fraction of sp³-hybridized carbons (Fsp3) is 0.400. The van der Waals surface area contributed by atoms with Crippen LogP contribution in [0.4, 0.5) is 0 Å². The van der Waals surface area contributed by atoms with E-state index in [0.717, 1.165) is 5.06 Å². The molecule has 0 radical (unpaired) electrons. The van der Waals surface area contributed by atoms with Gasteiger partial charge in [-0.2, -0.15) is 5.06 Å². The number of hydroxylamine groups is 2. The first-order chi connectivity index (χ1) is 7.56. The molecule has 90 valence electrons. The third kappa shape index (κ3) is 3.90. The van der Waals surface area contributed by atoms with E-state index in [0.29, 0.717) is 6.54 Å². The van der Waals surface area contributed by atoms with Crippen molar-refractivity contribution in [3.05, 3.63) is 30.3 Å². The number of hydrogen-bond acceptors (Lipinski definition) is 4. The molecule has 1 aromatic carbocycles. The van der Waals surface area contributed by atoms with E-state index in [2.05, 4.69) is 4.72 Å². The summed E-state index contributed by atoms with van der Waals surface area (Å²) in [7, 11) is -3.45. The van der Waals surface area contributed by atoms with E-state index < -0.39 is 10.0 Å². The Morgan fingerprint density at radius 2 is 1.94 bits per heavy atom. The molecule has 2 N–H and O–H groups in total. The van der Waals surface area contributed by atoms with Crippen molar-refractivity contribution in [2.75, 3.05) is 19.6 Å². The third-order valence-corrected chi connectivity index (χ3v) is 3.56. The highest BCUT2D eigenvalue weighted by atomic mass is 32.2. The lowest BCUT2D eigenvalue weighted by atomic mass is 10.4. The Balaban J connectivity index is 2.54. The molecule has 0 spiro atoms. The molecule has 0 heterocycles. The number of benzene rings is 1. The van der Waals surface area contributed by atoms with Crippen LogP contribution in [-0.4, -0.2) is 38.3 Å². The highest BCUT2D eigenvalue weighted by molar-refractivity contribution is 7.89. The summed E-state index contributed by atoms with van der Waals surface area (Å²) in [6.07, 6.45) is 0. The van der Waals surface area contributed by atoms with E-state index in [4.69, 9.17) is 5.21 Å². The summed E-state index contributed by atoms with van der Waals surface area (Å²) >= 11 is 0.